The van der Waals surface area contributed by atoms with Crippen molar-refractivity contribution in [1.29, 1.82) is 0 Å². The zero-order valence-corrected chi connectivity index (χ0v) is 9.43. The zero-order chi connectivity index (χ0) is 11.8. The van der Waals surface area contributed by atoms with Crippen molar-refractivity contribution in [3.8, 4) is 0 Å². The second-order valence-electron chi connectivity index (χ2n) is 4.86. The van der Waals surface area contributed by atoms with Crippen molar-refractivity contribution in [2.24, 2.45) is 0 Å². The molecule has 1 N–H and O–H groups in total. The Bertz CT molecular complexity index is 241. The molecule has 2 aliphatic heterocycles. The van der Waals surface area contributed by atoms with E-state index in [-0.39, 0.29) is 19.1 Å². The van der Waals surface area contributed by atoms with Gasteiger partial charge in [-0.15, -0.1) is 0 Å². The quantitative estimate of drug-likeness (QED) is 0.752. The predicted molar refractivity (Wildman–Crippen MR) is 55.6 cm³/mol. The third-order valence-electron chi connectivity index (χ3n) is 3.18. The Morgan fingerprint density at radius 3 is 2.50 bits per heavy atom. The van der Waals surface area contributed by atoms with E-state index in [0.717, 1.165) is 0 Å². The number of hydrogen-bond acceptors (Lipinski definition) is 3. The Kier molecular flexibility index (Phi) is 3.42. The minimum Gasteiger partial charge on any atom is -0.309 e. The summed E-state index contributed by atoms with van der Waals surface area (Å²) in [5.74, 6) is -2.50. The van der Waals surface area contributed by atoms with Crippen LogP contribution >= 0.6 is 0 Å². The molecule has 0 amide bonds. The lowest BCUT2D eigenvalue weighted by atomic mass is 10.1. The van der Waals surface area contributed by atoms with Crippen LogP contribution in [-0.2, 0) is 0 Å². The highest BCUT2D eigenvalue weighted by Gasteiger charge is 2.43. The third kappa shape index (κ3) is 2.87. The van der Waals surface area contributed by atoms with Crippen molar-refractivity contribution in [2.75, 3.05) is 46.3 Å². The highest BCUT2D eigenvalue weighted by Crippen LogP contribution is 2.25. The molecule has 2 unspecified atom stereocenters. The summed E-state index contributed by atoms with van der Waals surface area (Å²) in [6.07, 6.45) is -0.845. The lowest BCUT2D eigenvalue weighted by Gasteiger charge is -2.38. The number of likely N-dealkylation sites (N-methyl/N-ethyl adjacent to an activating group) is 1. The Labute approximate surface area is 93.6 Å². The summed E-state index contributed by atoms with van der Waals surface area (Å²) in [4.78, 5) is 3.61. The normalized spacial score (nSPS) is 35.2. The standard InChI is InChI=1S/C10H18F3N3/c1-15-4-8(11)9(5-15)14-2-3-16-6-10(12,13)7-16/h8-9,14H,2-7H2,1H3. The van der Waals surface area contributed by atoms with Crippen molar-refractivity contribution in [3.63, 3.8) is 0 Å². The molecule has 0 aliphatic carbocycles. The van der Waals surface area contributed by atoms with Crippen LogP contribution in [0.5, 0.6) is 0 Å². The Hall–Kier alpha value is -0.330. The largest absolute Gasteiger partial charge is 0.309 e. The number of rotatable bonds is 4. The minimum absolute atomic E-state index is 0.146. The number of nitrogens with one attached hydrogen (secondary N) is 1. The van der Waals surface area contributed by atoms with E-state index in [1.807, 2.05) is 11.9 Å². The number of hydrogen-bond donors (Lipinski definition) is 1. The molecule has 16 heavy (non-hydrogen) atoms. The second-order valence-corrected chi connectivity index (χ2v) is 4.86. The van der Waals surface area contributed by atoms with Crippen LogP contribution in [0.25, 0.3) is 0 Å². The van der Waals surface area contributed by atoms with Crippen molar-refractivity contribution < 1.29 is 13.2 Å². The van der Waals surface area contributed by atoms with Crippen molar-refractivity contribution >= 4 is 0 Å². The molecule has 3 nitrogen and oxygen atoms in total. The molecule has 2 aliphatic rings. The van der Waals surface area contributed by atoms with Crippen molar-refractivity contribution in [2.45, 2.75) is 18.1 Å². The maximum Gasteiger partial charge on any atom is 0.272 e. The topological polar surface area (TPSA) is 18.5 Å². The molecule has 2 atom stereocenters. The maximum atomic E-state index is 13.3. The second kappa shape index (κ2) is 4.50. The van der Waals surface area contributed by atoms with E-state index in [2.05, 4.69) is 5.32 Å². The van der Waals surface area contributed by atoms with Crippen LogP contribution < -0.4 is 5.32 Å². The van der Waals surface area contributed by atoms with E-state index >= 15 is 0 Å². The van der Waals surface area contributed by atoms with Crippen molar-refractivity contribution in [3.05, 3.63) is 0 Å². The first-order valence-electron chi connectivity index (χ1n) is 5.62. The van der Waals surface area contributed by atoms with Crippen LogP contribution in [0.2, 0.25) is 0 Å². The fourth-order valence-electron chi connectivity index (χ4n) is 2.32. The van der Waals surface area contributed by atoms with Crippen LogP contribution in [0, 0.1) is 0 Å². The third-order valence-corrected chi connectivity index (χ3v) is 3.18. The van der Waals surface area contributed by atoms with Gasteiger partial charge in [0.15, 0.2) is 0 Å². The Balaban J connectivity index is 1.59. The van der Waals surface area contributed by atoms with Gasteiger partial charge in [0.2, 0.25) is 0 Å². The summed E-state index contributed by atoms with van der Waals surface area (Å²) in [7, 11) is 1.88. The van der Waals surface area contributed by atoms with Gasteiger partial charge in [-0.05, 0) is 7.05 Å². The molecule has 2 fully saturated rings. The zero-order valence-electron chi connectivity index (χ0n) is 9.43. The summed E-state index contributed by atoms with van der Waals surface area (Å²) in [6.45, 7) is 1.99. The highest BCUT2D eigenvalue weighted by atomic mass is 19.3. The first-order chi connectivity index (χ1) is 7.46. The molecule has 94 valence electrons. The lowest BCUT2D eigenvalue weighted by Crippen LogP contribution is -2.58. The van der Waals surface area contributed by atoms with Gasteiger partial charge < -0.3 is 10.2 Å². The number of nitrogens with zero attached hydrogens (tertiary/aromatic N) is 2. The first kappa shape index (κ1) is 12.1. The number of likely N-dealkylation sites (tertiary alicyclic amines) is 2. The summed E-state index contributed by atoms with van der Waals surface area (Å²) in [5.41, 5.74) is 0. The summed E-state index contributed by atoms with van der Waals surface area (Å²) < 4.78 is 38.3. The molecule has 0 aromatic rings. The van der Waals surface area contributed by atoms with E-state index in [1.54, 1.807) is 4.90 Å². The maximum absolute atomic E-state index is 13.3. The van der Waals surface area contributed by atoms with Crippen LogP contribution in [0.1, 0.15) is 0 Å². The molecule has 6 heteroatoms. The molecule has 0 aromatic carbocycles. The monoisotopic (exact) mass is 237 g/mol. The van der Waals surface area contributed by atoms with Gasteiger partial charge in [0.1, 0.15) is 6.17 Å². The van der Waals surface area contributed by atoms with Crippen molar-refractivity contribution in [1.82, 2.24) is 15.1 Å². The summed E-state index contributed by atoms with van der Waals surface area (Å²) >= 11 is 0. The summed E-state index contributed by atoms with van der Waals surface area (Å²) in [6, 6.07) is -0.146. The molecule has 0 spiro atoms. The average Bonchev–Trinajstić information content (AvgIpc) is 2.42. The van der Waals surface area contributed by atoms with E-state index < -0.39 is 12.1 Å². The predicted octanol–water partition coefficient (Wildman–Crippen LogP) is 0.179. The van der Waals surface area contributed by atoms with Gasteiger partial charge >= 0.3 is 0 Å². The molecule has 0 radical (unpaired) electrons. The van der Waals surface area contributed by atoms with Gasteiger partial charge in [-0.25, -0.2) is 13.2 Å². The first-order valence-corrected chi connectivity index (χ1v) is 5.62. The number of alkyl halides is 3. The van der Waals surface area contributed by atoms with Gasteiger partial charge in [-0.2, -0.15) is 0 Å². The fraction of sp³-hybridized carbons (Fsp3) is 1.00. The molecule has 0 saturated carbocycles. The molecule has 0 aromatic heterocycles. The molecular weight excluding hydrogens is 219 g/mol. The molecule has 2 rings (SSSR count). The summed E-state index contributed by atoms with van der Waals surface area (Å²) in [5, 5.41) is 3.09. The minimum atomic E-state index is -2.50. The van der Waals surface area contributed by atoms with E-state index in [1.165, 1.54) is 0 Å². The average molecular weight is 237 g/mol. The van der Waals surface area contributed by atoms with Crippen LogP contribution in [0.15, 0.2) is 0 Å². The van der Waals surface area contributed by atoms with E-state index in [0.29, 0.717) is 26.2 Å². The molecule has 2 saturated heterocycles. The smallest absolute Gasteiger partial charge is 0.272 e. The SMILES string of the molecule is CN1CC(F)C(NCCN2CC(F)(F)C2)C1. The van der Waals surface area contributed by atoms with E-state index in [9.17, 15) is 13.2 Å². The van der Waals surface area contributed by atoms with Gasteiger partial charge in [-0.3, -0.25) is 4.90 Å². The van der Waals surface area contributed by atoms with Crippen LogP contribution in [0.3, 0.4) is 0 Å². The van der Waals surface area contributed by atoms with Crippen LogP contribution in [-0.4, -0.2) is 74.3 Å². The van der Waals surface area contributed by atoms with Gasteiger partial charge in [-0.1, -0.05) is 0 Å². The Morgan fingerprint density at radius 1 is 1.31 bits per heavy atom. The number of halogens is 3. The van der Waals surface area contributed by atoms with Gasteiger partial charge in [0.05, 0.1) is 19.1 Å². The fourth-order valence-corrected chi connectivity index (χ4v) is 2.32. The lowest BCUT2D eigenvalue weighted by molar-refractivity contribution is -0.129. The highest BCUT2D eigenvalue weighted by molar-refractivity contribution is 4.90. The Morgan fingerprint density at radius 2 is 2.00 bits per heavy atom. The van der Waals surface area contributed by atoms with Gasteiger partial charge in [0, 0.05) is 26.2 Å². The molecular formula is C10H18F3N3. The van der Waals surface area contributed by atoms with Crippen LogP contribution in [0.4, 0.5) is 13.2 Å². The molecule has 2 heterocycles. The van der Waals surface area contributed by atoms with E-state index in [4.69, 9.17) is 0 Å². The molecule has 0 bridgehead atoms. The van der Waals surface area contributed by atoms with Gasteiger partial charge in [0.25, 0.3) is 5.92 Å².